The molecule has 6 aliphatic heterocycles. The van der Waals surface area contributed by atoms with Crippen molar-refractivity contribution in [3.8, 4) is 63.6 Å². The van der Waals surface area contributed by atoms with E-state index < -0.39 is 47.0 Å². The van der Waals surface area contributed by atoms with Crippen molar-refractivity contribution < 1.29 is 43.8 Å². The highest BCUT2D eigenvalue weighted by molar-refractivity contribution is 8.77. The molecular weight excluding hydrogens is 1290 g/mol. The lowest BCUT2D eigenvalue weighted by atomic mass is 9.54. The number of rotatable bonds is 8. The molecule has 8 N–H and O–H groups in total. The van der Waals surface area contributed by atoms with Crippen LogP contribution in [0.2, 0.25) is 0 Å². The number of aliphatic hydroxyl groups excluding tert-OH is 1. The van der Waals surface area contributed by atoms with Crippen molar-refractivity contribution in [1.82, 2.24) is 16.0 Å². The second kappa shape index (κ2) is 27.1. The molecule has 13 nitrogen and oxygen atoms in total. The molecule has 4 saturated carbocycles. The maximum Gasteiger partial charge on any atom is 0.302 e. The van der Waals surface area contributed by atoms with Gasteiger partial charge in [0.1, 0.15) is 42.0 Å². The summed E-state index contributed by atoms with van der Waals surface area (Å²) in [6, 6.07) is 28.8. The highest BCUT2D eigenvalue weighted by Crippen LogP contribution is 2.67. The van der Waals surface area contributed by atoms with Gasteiger partial charge < -0.3 is 60.7 Å². The van der Waals surface area contributed by atoms with Crippen LogP contribution in [0.5, 0.6) is 28.7 Å². The van der Waals surface area contributed by atoms with Crippen LogP contribution in [0.15, 0.2) is 108 Å². The van der Waals surface area contributed by atoms with Gasteiger partial charge in [0.25, 0.3) is 0 Å². The summed E-state index contributed by atoms with van der Waals surface area (Å²) in [5.41, 5.74) is 19.6. The molecule has 17 rings (SSSR count). The van der Waals surface area contributed by atoms with Crippen molar-refractivity contribution in [2.75, 3.05) is 46.3 Å². The second-order valence-electron chi connectivity index (χ2n) is 31.5. The van der Waals surface area contributed by atoms with Crippen molar-refractivity contribution in [3.63, 3.8) is 0 Å². The molecular formula is C85H96N4O9S2. The molecule has 3 spiro atoms. The Morgan fingerprint density at radius 1 is 0.830 bits per heavy atom. The fraction of sp³-hybridized carbons (Fsp3) is 0.518. The normalized spacial score (nSPS) is 32.1. The Labute approximate surface area is 597 Å². The van der Waals surface area contributed by atoms with Crippen LogP contribution in [0.4, 0.5) is 0 Å². The largest absolute Gasteiger partial charge is 0.508 e. The van der Waals surface area contributed by atoms with Gasteiger partial charge in [0.15, 0.2) is 11.5 Å². The Hall–Kier alpha value is -6.79. The van der Waals surface area contributed by atoms with E-state index in [0.29, 0.717) is 48.1 Å². The zero-order valence-electron chi connectivity index (χ0n) is 58.1. The van der Waals surface area contributed by atoms with E-state index in [1.807, 2.05) is 27.7 Å². The lowest BCUT2D eigenvalue weighted by molar-refractivity contribution is -0.141. The minimum absolute atomic E-state index is 0.00131. The first-order chi connectivity index (χ1) is 48.9. The average molecular weight is 1380 g/mol. The number of hydrogen-bond donors (Lipinski definition) is 7. The lowest BCUT2D eigenvalue weighted by Crippen LogP contribution is -2.52. The number of carbonyl (C=O) groups excluding carboxylic acids is 1. The molecule has 0 amide bonds. The third kappa shape index (κ3) is 11.4. The number of esters is 1. The number of carbonyl (C=O) groups is 1. The average Bonchev–Trinajstić information content (AvgIpc) is 1.48. The molecule has 0 aromatic heterocycles. The van der Waals surface area contributed by atoms with E-state index in [1.54, 1.807) is 20.3 Å². The van der Waals surface area contributed by atoms with E-state index in [1.165, 1.54) is 35.6 Å². The van der Waals surface area contributed by atoms with Crippen molar-refractivity contribution in [2.45, 2.75) is 193 Å². The first-order valence-electron chi connectivity index (χ1n) is 37.5. The Morgan fingerprint density at radius 2 is 1.65 bits per heavy atom. The standard InChI is InChI=1S/C85H96N4O9S2/c1-49(91)96-47-66-60-22-23-62-73-54(38-59(92)40-70(73)95-3)42-83-35-30-53(41-83)76-61-25-29-72(86)89-68(61)27-21-52-20-26-67(84(31-10-11-32-84)56-17-13-18-57(39-56)85(76)33-8-5-9-34-85)65(46-94-2)55(45-90)43-87-44-64-74(52)75(79(66)97-80(60)77(62)83)63-24-28-69-82(98-81(63)78(64)93)71(37-50-14-6-4-7-15-50)100-99-48-51-16-12-19-58(36-51)88-69/h4,6-7,13-15,17-18,22-25,28-29,38-40,51-53,55,58,65-67,69,71-72,76,79,82,87-90,92-93H,5,8-12,16,19,30-37,41-48,86H2,1-3H3/t51-,52-,53-,55+,58+,65+,66-,67+,69-,71-,72?,76-,79-,82+,83-/m0/s1. The van der Waals surface area contributed by atoms with Gasteiger partial charge in [-0.1, -0.05) is 163 Å². The number of nitrogens with two attached hydrogens (primary N) is 1. The molecule has 5 aromatic rings. The molecule has 5 aromatic carbocycles. The number of aliphatic hydroxyl groups is 1. The van der Waals surface area contributed by atoms with Crippen LogP contribution >= 0.6 is 21.6 Å². The Bertz CT molecular complexity index is 4250. The molecule has 522 valence electrons. The number of phenols is 2. The topological polar surface area (TPSA) is 186 Å². The summed E-state index contributed by atoms with van der Waals surface area (Å²) in [4.78, 5) is 13.7. The van der Waals surface area contributed by atoms with Crippen molar-refractivity contribution >= 4 is 33.6 Å². The van der Waals surface area contributed by atoms with Gasteiger partial charge in [-0.05, 0) is 152 Å². The summed E-state index contributed by atoms with van der Waals surface area (Å²) in [6.45, 7) is 2.33. The number of hydrogen-bond acceptors (Lipinski definition) is 15. The highest BCUT2D eigenvalue weighted by atomic mass is 33.1. The summed E-state index contributed by atoms with van der Waals surface area (Å²) in [5, 5.41) is 50.0. The Balaban J connectivity index is 1.01. The van der Waals surface area contributed by atoms with Crippen LogP contribution in [-0.2, 0) is 49.9 Å². The number of ether oxygens (including phenoxy) is 5. The van der Waals surface area contributed by atoms with Gasteiger partial charge in [0, 0.05) is 119 Å². The second-order valence-corrected chi connectivity index (χ2v) is 34.2. The summed E-state index contributed by atoms with van der Waals surface area (Å²) < 4.78 is 35.4. The van der Waals surface area contributed by atoms with E-state index >= 15 is 0 Å². The smallest absolute Gasteiger partial charge is 0.302 e. The molecule has 15 atom stereocenters. The number of aromatic hydroxyl groups is 2. The van der Waals surface area contributed by atoms with Crippen LogP contribution in [0.3, 0.4) is 0 Å². The molecule has 6 aliphatic carbocycles. The van der Waals surface area contributed by atoms with Gasteiger partial charge >= 0.3 is 5.97 Å². The van der Waals surface area contributed by atoms with E-state index in [-0.39, 0.29) is 83.6 Å². The van der Waals surface area contributed by atoms with Gasteiger partial charge in [0.05, 0.1) is 42.8 Å². The molecule has 11 bridgehead atoms. The zero-order chi connectivity index (χ0) is 68.0. The fourth-order valence-electron chi connectivity index (χ4n) is 21.8. The van der Waals surface area contributed by atoms with E-state index in [2.05, 4.69) is 131 Å². The van der Waals surface area contributed by atoms with Crippen molar-refractivity contribution in [3.05, 3.63) is 164 Å². The summed E-state index contributed by atoms with van der Waals surface area (Å²) >= 11 is 0. The van der Waals surface area contributed by atoms with Crippen LogP contribution in [0.25, 0.3) is 17.2 Å². The van der Waals surface area contributed by atoms with Crippen LogP contribution < -0.4 is 35.9 Å². The van der Waals surface area contributed by atoms with E-state index in [4.69, 9.17) is 29.4 Å². The molecule has 1 unspecified atom stereocenters. The van der Waals surface area contributed by atoms with Crippen molar-refractivity contribution in [1.29, 1.82) is 0 Å². The van der Waals surface area contributed by atoms with Gasteiger partial charge in [-0.15, -0.1) is 0 Å². The van der Waals surface area contributed by atoms with Crippen LogP contribution in [0, 0.1) is 59.2 Å². The molecule has 1 saturated heterocycles. The summed E-state index contributed by atoms with van der Waals surface area (Å²) in [6.07, 6.45) is 24.9. The number of fused-ring (bicyclic) bond motifs is 18. The number of allylic oxidation sites excluding steroid dienone is 3. The first kappa shape index (κ1) is 66.4. The highest BCUT2D eigenvalue weighted by Gasteiger charge is 2.58. The van der Waals surface area contributed by atoms with Gasteiger partial charge in [-0.25, -0.2) is 0 Å². The lowest BCUT2D eigenvalue weighted by Gasteiger charge is -2.50. The molecule has 0 radical (unpaired) electrons. The van der Waals surface area contributed by atoms with Gasteiger partial charge in [-0.2, -0.15) is 0 Å². The summed E-state index contributed by atoms with van der Waals surface area (Å²) in [7, 11) is 7.35. The fourth-order valence-corrected chi connectivity index (χ4v) is 25.0. The predicted octanol–water partition coefficient (Wildman–Crippen LogP) is 14.2. The third-order valence-electron chi connectivity index (χ3n) is 26.1. The monoisotopic (exact) mass is 1380 g/mol. The number of phenolic OH excluding ortho intramolecular Hbond substituents is 2. The molecule has 15 heteroatoms. The maximum absolute atomic E-state index is 14.2. The van der Waals surface area contributed by atoms with Gasteiger partial charge in [-0.3, -0.25) is 4.79 Å². The van der Waals surface area contributed by atoms with E-state index in [9.17, 15) is 20.1 Å². The third-order valence-corrected chi connectivity index (χ3v) is 29.1. The quantitative estimate of drug-likeness (QED) is 0.0442. The number of nitrogens with one attached hydrogen (secondary N) is 3. The van der Waals surface area contributed by atoms with Crippen LogP contribution in [0.1, 0.15) is 183 Å². The minimum atomic E-state index is -0.883. The van der Waals surface area contributed by atoms with E-state index in [0.717, 1.165) is 159 Å². The number of dihydropyridines is 1. The first-order valence-corrected chi connectivity index (χ1v) is 39.9. The maximum atomic E-state index is 14.2. The van der Waals surface area contributed by atoms with Crippen molar-refractivity contribution in [2.24, 2.45) is 41.2 Å². The van der Waals surface area contributed by atoms with Crippen LogP contribution in [-0.4, -0.2) is 97.2 Å². The minimum Gasteiger partial charge on any atom is -0.508 e. The molecule has 5 fully saturated rings. The predicted molar refractivity (Wildman–Crippen MR) is 395 cm³/mol. The Morgan fingerprint density at radius 3 is 2.46 bits per heavy atom. The van der Waals surface area contributed by atoms with Gasteiger partial charge in [0.2, 0.25) is 0 Å². The number of methoxy groups -OCH3 is 2. The zero-order valence-corrected chi connectivity index (χ0v) is 59.7. The molecule has 100 heavy (non-hydrogen) atoms. The molecule has 12 aliphatic rings. The number of benzene rings is 5. The Kier molecular flexibility index (Phi) is 18.0. The summed E-state index contributed by atoms with van der Waals surface area (Å²) in [5.74, 6) is 17.3. The molecule has 6 heterocycles. The SMILES string of the molecule is COC[C@@H]1[C@@H](CO)CNCc2c(O)c3c(c4c2[C@@H]2C#CC5=C(C=CC(N)N5)[C@H]([C@H]5CC[C@@]6(Cc7cc(O)cc(OC)c7-c7ccc8c(c76)O[C@H]4[C@H]8COC(C)=O)C5)C4(CCCCC4)c4cccc(c4)C4(CCCC4)[C@@H]1C#C2)C=C[C@@H]1N[C@@H]2CCC[C@H](CSS[C@@H](Cc4ccccc4)[C@@H]1O3)C2.